The normalized spacial score (nSPS) is 12.0. The largest absolute Gasteiger partial charge is 0.398 e. The SMILES string of the molecule is CC(C)CNC(=O)C(C)Nc1cc(N)cc([N+](=O)[O-])c1. The molecular formula is C13H20N4O3. The Morgan fingerprint density at radius 3 is 2.55 bits per heavy atom. The maximum atomic E-state index is 11.8. The summed E-state index contributed by atoms with van der Waals surface area (Å²) in [7, 11) is 0. The third-order valence-corrected chi connectivity index (χ3v) is 2.61. The Morgan fingerprint density at radius 1 is 1.35 bits per heavy atom. The Hall–Kier alpha value is -2.31. The van der Waals surface area contributed by atoms with Crippen molar-refractivity contribution in [3.05, 3.63) is 28.3 Å². The lowest BCUT2D eigenvalue weighted by Crippen LogP contribution is -2.39. The number of nitrogens with two attached hydrogens (primary N) is 1. The molecule has 0 spiro atoms. The average molecular weight is 280 g/mol. The van der Waals surface area contributed by atoms with E-state index in [4.69, 9.17) is 5.73 Å². The number of anilines is 2. The van der Waals surface area contributed by atoms with Crippen LogP contribution in [0.15, 0.2) is 18.2 Å². The second-order valence-electron chi connectivity index (χ2n) is 5.08. The molecule has 110 valence electrons. The highest BCUT2D eigenvalue weighted by molar-refractivity contribution is 5.84. The molecule has 4 N–H and O–H groups in total. The van der Waals surface area contributed by atoms with Gasteiger partial charge in [0.05, 0.1) is 4.92 Å². The first kappa shape index (κ1) is 15.7. The summed E-state index contributed by atoms with van der Waals surface area (Å²) in [4.78, 5) is 22.0. The summed E-state index contributed by atoms with van der Waals surface area (Å²) in [6.45, 7) is 6.27. The van der Waals surface area contributed by atoms with Crippen molar-refractivity contribution in [2.45, 2.75) is 26.8 Å². The van der Waals surface area contributed by atoms with Gasteiger partial charge in [0.25, 0.3) is 5.69 Å². The Bertz CT molecular complexity index is 502. The summed E-state index contributed by atoms with van der Waals surface area (Å²) in [5.74, 6) is 0.198. The van der Waals surface area contributed by atoms with Gasteiger partial charge in [0.2, 0.25) is 5.91 Å². The van der Waals surface area contributed by atoms with Gasteiger partial charge in [-0.15, -0.1) is 0 Å². The number of nitrogens with one attached hydrogen (secondary N) is 2. The summed E-state index contributed by atoms with van der Waals surface area (Å²) in [6.07, 6.45) is 0. The Labute approximate surface area is 117 Å². The lowest BCUT2D eigenvalue weighted by Gasteiger charge is -2.16. The number of hydrogen-bond donors (Lipinski definition) is 3. The number of carbonyl (C=O) groups excluding carboxylic acids is 1. The van der Waals surface area contributed by atoms with E-state index in [-0.39, 0.29) is 17.3 Å². The van der Waals surface area contributed by atoms with Crippen LogP contribution < -0.4 is 16.4 Å². The molecule has 0 aliphatic rings. The number of nitro groups is 1. The standard InChI is InChI=1S/C13H20N4O3/c1-8(2)7-15-13(18)9(3)16-11-4-10(14)5-12(6-11)17(19)20/h4-6,8-9,16H,7,14H2,1-3H3,(H,15,18). The molecule has 1 atom stereocenters. The highest BCUT2D eigenvalue weighted by atomic mass is 16.6. The molecule has 1 unspecified atom stereocenters. The van der Waals surface area contributed by atoms with Crippen LogP contribution in [0.4, 0.5) is 17.1 Å². The molecule has 1 rings (SSSR count). The molecule has 1 aromatic rings. The van der Waals surface area contributed by atoms with Gasteiger partial charge in [-0.05, 0) is 18.9 Å². The summed E-state index contributed by atoms with van der Waals surface area (Å²) >= 11 is 0. The van der Waals surface area contributed by atoms with Gasteiger partial charge in [-0.2, -0.15) is 0 Å². The van der Waals surface area contributed by atoms with E-state index in [0.29, 0.717) is 18.2 Å². The number of non-ortho nitro benzene ring substituents is 1. The Kier molecular flexibility index (Phi) is 5.31. The number of rotatable bonds is 6. The molecular weight excluding hydrogens is 260 g/mol. The zero-order valence-electron chi connectivity index (χ0n) is 11.8. The maximum absolute atomic E-state index is 11.8. The summed E-state index contributed by atoms with van der Waals surface area (Å²) in [5, 5.41) is 16.4. The lowest BCUT2D eigenvalue weighted by molar-refractivity contribution is -0.384. The predicted octanol–water partition coefficient (Wildman–Crippen LogP) is 1.75. The van der Waals surface area contributed by atoms with Crippen molar-refractivity contribution < 1.29 is 9.72 Å². The first-order valence-electron chi connectivity index (χ1n) is 6.38. The summed E-state index contributed by atoms with van der Waals surface area (Å²) in [6, 6.07) is 3.67. The van der Waals surface area contributed by atoms with Crippen LogP contribution in [0.2, 0.25) is 0 Å². The number of benzene rings is 1. The van der Waals surface area contributed by atoms with Gasteiger partial charge in [0.15, 0.2) is 0 Å². The van der Waals surface area contributed by atoms with E-state index in [1.165, 1.54) is 12.1 Å². The topological polar surface area (TPSA) is 110 Å². The van der Waals surface area contributed by atoms with Crippen molar-refractivity contribution >= 4 is 23.0 Å². The van der Waals surface area contributed by atoms with E-state index in [9.17, 15) is 14.9 Å². The smallest absolute Gasteiger partial charge is 0.273 e. The van der Waals surface area contributed by atoms with E-state index < -0.39 is 11.0 Å². The van der Waals surface area contributed by atoms with Gasteiger partial charge in [-0.25, -0.2) is 0 Å². The molecule has 0 radical (unpaired) electrons. The molecule has 20 heavy (non-hydrogen) atoms. The highest BCUT2D eigenvalue weighted by Gasteiger charge is 2.15. The van der Waals surface area contributed by atoms with E-state index >= 15 is 0 Å². The molecule has 0 saturated heterocycles. The van der Waals surface area contributed by atoms with Crippen molar-refractivity contribution in [3.63, 3.8) is 0 Å². The van der Waals surface area contributed by atoms with Crippen LogP contribution in [0, 0.1) is 16.0 Å². The Balaban J connectivity index is 2.72. The van der Waals surface area contributed by atoms with Crippen molar-refractivity contribution in [1.82, 2.24) is 5.32 Å². The van der Waals surface area contributed by atoms with Crippen LogP contribution in [0.25, 0.3) is 0 Å². The van der Waals surface area contributed by atoms with E-state index in [2.05, 4.69) is 10.6 Å². The second kappa shape index (κ2) is 6.74. The number of carbonyl (C=O) groups is 1. The van der Waals surface area contributed by atoms with E-state index in [0.717, 1.165) is 0 Å². The van der Waals surface area contributed by atoms with Gasteiger partial charge >= 0.3 is 0 Å². The van der Waals surface area contributed by atoms with Crippen LogP contribution in [0.1, 0.15) is 20.8 Å². The molecule has 0 bridgehead atoms. The minimum atomic E-state index is -0.523. The van der Waals surface area contributed by atoms with Crippen LogP contribution in [0.5, 0.6) is 0 Å². The molecule has 7 nitrogen and oxygen atoms in total. The van der Waals surface area contributed by atoms with Crippen LogP contribution in [0.3, 0.4) is 0 Å². The molecule has 0 aliphatic heterocycles. The van der Waals surface area contributed by atoms with Crippen molar-refractivity contribution in [1.29, 1.82) is 0 Å². The first-order valence-corrected chi connectivity index (χ1v) is 6.38. The van der Waals surface area contributed by atoms with E-state index in [1.54, 1.807) is 13.0 Å². The fourth-order valence-corrected chi connectivity index (χ4v) is 1.60. The number of nitro benzene ring substituents is 1. The number of hydrogen-bond acceptors (Lipinski definition) is 5. The second-order valence-corrected chi connectivity index (χ2v) is 5.08. The highest BCUT2D eigenvalue weighted by Crippen LogP contribution is 2.22. The maximum Gasteiger partial charge on any atom is 0.273 e. The van der Waals surface area contributed by atoms with Gasteiger partial charge in [0.1, 0.15) is 6.04 Å². The number of nitrogen functional groups attached to an aromatic ring is 1. The molecule has 1 amide bonds. The van der Waals surface area contributed by atoms with Gasteiger partial charge in [0, 0.05) is 30.1 Å². The van der Waals surface area contributed by atoms with Gasteiger partial charge in [-0.1, -0.05) is 13.8 Å². The molecule has 0 saturated carbocycles. The van der Waals surface area contributed by atoms with Crippen molar-refractivity contribution in [2.24, 2.45) is 5.92 Å². The summed E-state index contributed by atoms with van der Waals surface area (Å²) in [5.41, 5.74) is 6.22. The van der Waals surface area contributed by atoms with Crippen molar-refractivity contribution in [3.8, 4) is 0 Å². The van der Waals surface area contributed by atoms with Crippen molar-refractivity contribution in [2.75, 3.05) is 17.6 Å². The van der Waals surface area contributed by atoms with Gasteiger partial charge < -0.3 is 16.4 Å². The summed E-state index contributed by atoms with van der Waals surface area (Å²) < 4.78 is 0. The monoisotopic (exact) mass is 280 g/mol. The van der Waals surface area contributed by atoms with Gasteiger partial charge in [-0.3, -0.25) is 14.9 Å². The average Bonchev–Trinajstić information content (AvgIpc) is 2.34. The zero-order chi connectivity index (χ0) is 15.3. The minimum absolute atomic E-state index is 0.109. The fraction of sp³-hybridized carbons (Fsp3) is 0.462. The number of amides is 1. The Morgan fingerprint density at radius 2 is 2.00 bits per heavy atom. The quantitative estimate of drug-likeness (QED) is 0.417. The van der Waals surface area contributed by atoms with Crippen LogP contribution >= 0.6 is 0 Å². The molecule has 0 aromatic heterocycles. The van der Waals surface area contributed by atoms with E-state index in [1.807, 2.05) is 13.8 Å². The molecule has 7 heteroatoms. The molecule has 1 aromatic carbocycles. The third kappa shape index (κ3) is 4.75. The lowest BCUT2D eigenvalue weighted by atomic mass is 10.2. The number of nitrogens with zero attached hydrogens (tertiary/aromatic N) is 1. The zero-order valence-corrected chi connectivity index (χ0v) is 11.8. The first-order chi connectivity index (χ1) is 9.29. The molecule has 0 heterocycles. The molecule has 0 aliphatic carbocycles. The molecule has 0 fully saturated rings. The minimum Gasteiger partial charge on any atom is -0.398 e. The van der Waals surface area contributed by atoms with Crippen LogP contribution in [-0.4, -0.2) is 23.4 Å². The van der Waals surface area contributed by atoms with Crippen LogP contribution in [-0.2, 0) is 4.79 Å². The fourth-order valence-electron chi connectivity index (χ4n) is 1.60. The third-order valence-electron chi connectivity index (χ3n) is 2.61. The predicted molar refractivity (Wildman–Crippen MR) is 78.4 cm³/mol.